The Morgan fingerprint density at radius 3 is 2.64 bits per heavy atom. The Labute approximate surface area is 169 Å². The SMILES string of the molecule is CC(C)Cn1c(SCc2cc(-c3ccccc3)on2)nnc1N1CCOCC1. The Morgan fingerprint density at radius 2 is 1.89 bits per heavy atom. The van der Waals surface area contributed by atoms with E-state index in [9.17, 15) is 0 Å². The normalized spacial score (nSPS) is 14.8. The van der Waals surface area contributed by atoms with Crippen molar-refractivity contribution in [2.75, 3.05) is 31.2 Å². The van der Waals surface area contributed by atoms with Crippen molar-refractivity contribution < 1.29 is 9.26 Å². The van der Waals surface area contributed by atoms with E-state index in [1.807, 2.05) is 36.4 Å². The Balaban J connectivity index is 1.48. The van der Waals surface area contributed by atoms with Crippen LogP contribution in [0.1, 0.15) is 19.5 Å². The van der Waals surface area contributed by atoms with E-state index in [2.05, 4.69) is 38.7 Å². The molecule has 2 aromatic heterocycles. The number of morpholine rings is 1. The maximum absolute atomic E-state index is 5.51. The molecule has 0 atom stereocenters. The van der Waals surface area contributed by atoms with Crippen LogP contribution in [-0.4, -0.2) is 46.2 Å². The zero-order valence-electron chi connectivity index (χ0n) is 16.2. The lowest BCUT2D eigenvalue weighted by molar-refractivity contribution is 0.121. The molecule has 0 bridgehead atoms. The smallest absolute Gasteiger partial charge is 0.228 e. The number of aromatic nitrogens is 4. The van der Waals surface area contributed by atoms with Crippen molar-refractivity contribution >= 4 is 17.7 Å². The molecular formula is C20H25N5O2S. The zero-order valence-corrected chi connectivity index (χ0v) is 17.1. The third kappa shape index (κ3) is 4.39. The van der Waals surface area contributed by atoms with Gasteiger partial charge in [0.2, 0.25) is 5.95 Å². The van der Waals surface area contributed by atoms with Gasteiger partial charge in [-0.25, -0.2) is 0 Å². The van der Waals surface area contributed by atoms with Gasteiger partial charge in [-0.3, -0.25) is 4.57 Å². The number of ether oxygens (including phenoxy) is 1. The Bertz CT molecular complexity index is 887. The van der Waals surface area contributed by atoms with Gasteiger partial charge in [0.1, 0.15) is 0 Å². The van der Waals surface area contributed by atoms with Crippen LogP contribution in [0.15, 0.2) is 46.1 Å². The number of benzene rings is 1. The first-order valence-corrected chi connectivity index (χ1v) is 10.6. The molecule has 0 unspecified atom stereocenters. The number of nitrogens with zero attached hydrogens (tertiary/aromatic N) is 5. The Morgan fingerprint density at radius 1 is 1.11 bits per heavy atom. The molecular weight excluding hydrogens is 374 g/mol. The predicted octanol–water partition coefficient (Wildman–Crippen LogP) is 3.72. The molecule has 3 heterocycles. The molecule has 0 radical (unpaired) electrons. The van der Waals surface area contributed by atoms with Crippen molar-refractivity contribution in [2.45, 2.75) is 31.3 Å². The molecule has 1 fully saturated rings. The zero-order chi connectivity index (χ0) is 19.3. The van der Waals surface area contributed by atoms with E-state index in [0.717, 1.165) is 61.0 Å². The first-order chi connectivity index (χ1) is 13.7. The number of anilines is 1. The molecule has 7 nitrogen and oxygen atoms in total. The minimum absolute atomic E-state index is 0.506. The molecule has 148 valence electrons. The van der Waals surface area contributed by atoms with Gasteiger partial charge in [0.05, 0.1) is 18.9 Å². The van der Waals surface area contributed by atoms with Gasteiger partial charge in [0, 0.05) is 37.0 Å². The number of hydrogen-bond donors (Lipinski definition) is 0. The second-order valence-corrected chi connectivity index (χ2v) is 8.17. The van der Waals surface area contributed by atoms with E-state index >= 15 is 0 Å². The fourth-order valence-electron chi connectivity index (χ4n) is 3.17. The van der Waals surface area contributed by atoms with Crippen LogP contribution in [0.4, 0.5) is 5.95 Å². The van der Waals surface area contributed by atoms with Crippen LogP contribution in [0.5, 0.6) is 0 Å². The number of rotatable bonds is 7. The van der Waals surface area contributed by atoms with Crippen LogP contribution in [0.2, 0.25) is 0 Å². The Kier molecular flexibility index (Phi) is 5.97. The van der Waals surface area contributed by atoms with Crippen molar-refractivity contribution in [3.63, 3.8) is 0 Å². The third-order valence-electron chi connectivity index (χ3n) is 4.51. The van der Waals surface area contributed by atoms with Gasteiger partial charge in [-0.05, 0) is 5.92 Å². The van der Waals surface area contributed by atoms with Gasteiger partial charge in [0.15, 0.2) is 10.9 Å². The first-order valence-electron chi connectivity index (χ1n) is 9.60. The minimum atomic E-state index is 0.506. The van der Waals surface area contributed by atoms with E-state index < -0.39 is 0 Å². The monoisotopic (exact) mass is 399 g/mol. The quantitative estimate of drug-likeness (QED) is 0.561. The lowest BCUT2D eigenvalue weighted by Crippen LogP contribution is -2.38. The maximum atomic E-state index is 5.51. The summed E-state index contributed by atoms with van der Waals surface area (Å²) in [5.74, 6) is 2.92. The summed E-state index contributed by atoms with van der Waals surface area (Å²) in [7, 11) is 0. The van der Waals surface area contributed by atoms with E-state index in [1.54, 1.807) is 11.8 Å². The van der Waals surface area contributed by atoms with Crippen LogP contribution in [0, 0.1) is 5.92 Å². The van der Waals surface area contributed by atoms with Gasteiger partial charge >= 0.3 is 0 Å². The summed E-state index contributed by atoms with van der Waals surface area (Å²) in [5, 5.41) is 14.1. The summed E-state index contributed by atoms with van der Waals surface area (Å²) in [4.78, 5) is 2.26. The molecule has 1 saturated heterocycles. The molecule has 1 aromatic carbocycles. The second-order valence-electron chi connectivity index (χ2n) is 7.22. The van der Waals surface area contributed by atoms with E-state index in [0.29, 0.717) is 11.7 Å². The molecule has 0 amide bonds. The van der Waals surface area contributed by atoms with Crippen LogP contribution in [-0.2, 0) is 17.0 Å². The molecule has 1 aliphatic heterocycles. The molecule has 4 rings (SSSR count). The van der Waals surface area contributed by atoms with E-state index in [4.69, 9.17) is 9.26 Å². The van der Waals surface area contributed by atoms with Crippen molar-refractivity contribution in [1.82, 2.24) is 19.9 Å². The number of hydrogen-bond acceptors (Lipinski definition) is 7. The molecule has 3 aromatic rings. The molecule has 0 N–H and O–H groups in total. The third-order valence-corrected chi connectivity index (χ3v) is 5.51. The molecule has 0 spiro atoms. The minimum Gasteiger partial charge on any atom is -0.378 e. The molecule has 28 heavy (non-hydrogen) atoms. The predicted molar refractivity (Wildman–Crippen MR) is 109 cm³/mol. The summed E-state index contributed by atoms with van der Waals surface area (Å²) in [6.45, 7) is 8.48. The lowest BCUT2D eigenvalue weighted by Gasteiger charge is -2.28. The van der Waals surface area contributed by atoms with Crippen molar-refractivity contribution in [2.24, 2.45) is 5.92 Å². The van der Waals surface area contributed by atoms with Crippen LogP contribution in [0.3, 0.4) is 0 Å². The summed E-state index contributed by atoms with van der Waals surface area (Å²) >= 11 is 1.64. The summed E-state index contributed by atoms with van der Waals surface area (Å²) in [6.07, 6.45) is 0. The van der Waals surface area contributed by atoms with Gasteiger partial charge in [0.25, 0.3) is 0 Å². The van der Waals surface area contributed by atoms with Crippen LogP contribution >= 0.6 is 11.8 Å². The molecule has 8 heteroatoms. The van der Waals surface area contributed by atoms with Crippen molar-refractivity contribution in [3.8, 4) is 11.3 Å². The summed E-state index contributed by atoms with van der Waals surface area (Å²) < 4.78 is 13.2. The average Bonchev–Trinajstić information content (AvgIpc) is 3.35. The highest BCUT2D eigenvalue weighted by atomic mass is 32.2. The number of thioether (sulfide) groups is 1. The van der Waals surface area contributed by atoms with Gasteiger partial charge < -0.3 is 14.2 Å². The maximum Gasteiger partial charge on any atom is 0.228 e. The molecule has 0 aliphatic carbocycles. The topological polar surface area (TPSA) is 69.2 Å². The molecule has 0 saturated carbocycles. The van der Waals surface area contributed by atoms with Crippen molar-refractivity contribution in [1.29, 1.82) is 0 Å². The second kappa shape index (κ2) is 8.79. The summed E-state index contributed by atoms with van der Waals surface area (Å²) in [6, 6.07) is 12.0. The van der Waals surface area contributed by atoms with E-state index in [1.165, 1.54) is 0 Å². The highest BCUT2D eigenvalue weighted by Gasteiger charge is 2.21. The highest BCUT2D eigenvalue weighted by Crippen LogP contribution is 2.28. The summed E-state index contributed by atoms with van der Waals surface area (Å²) in [5.41, 5.74) is 1.93. The van der Waals surface area contributed by atoms with E-state index in [-0.39, 0.29) is 0 Å². The fraction of sp³-hybridized carbons (Fsp3) is 0.450. The fourth-order valence-corrected chi connectivity index (χ4v) is 3.99. The van der Waals surface area contributed by atoms with Crippen LogP contribution < -0.4 is 4.90 Å². The van der Waals surface area contributed by atoms with Gasteiger partial charge in [-0.2, -0.15) is 0 Å². The average molecular weight is 400 g/mol. The van der Waals surface area contributed by atoms with Crippen molar-refractivity contribution in [3.05, 3.63) is 42.1 Å². The van der Waals surface area contributed by atoms with Gasteiger partial charge in [-0.15, -0.1) is 10.2 Å². The molecule has 1 aliphatic rings. The largest absolute Gasteiger partial charge is 0.378 e. The highest BCUT2D eigenvalue weighted by molar-refractivity contribution is 7.98. The van der Waals surface area contributed by atoms with Gasteiger partial charge in [-0.1, -0.05) is 61.1 Å². The Hall–Kier alpha value is -2.32. The first kappa shape index (κ1) is 19.0. The lowest BCUT2D eigenvalue weighted by atomic mass is 10.2. The van der Waals surface area contributed by atoms with Crippen LogP contribution in [0.25, 0.3) is 11.3 Å². The standard InChI is InChI=1S/C20H25N5O2S/c1-15(2)13-25-19(24-8-10-26-11-9-24)21-22-20(25)28-14-17-12-18(27-23-17)16-6-4-3-5-7-16/h3-7,12,15H,8-11,13-14H2,1-2H3.